The van der Waals surface area contributed by atoms with Gasteiger partial charge in [0.2, 0.25) is 0 Å². The normalized spacial score (nSPS) is 18.0. The van der Waals surface area contributed by atoms with E-state index < -0.39 is 27.3 Å². The molecule has 0 unspecified atom stereocenters. The highest BCUT2D eigenvalue weighted by Crippen LogP contribution is 2.29. The van der Waals surface area contributed by atoms with E-state index in [1.165, 1.54) is 12.3 Å². The number of aromatic hydroxyl groups is 1. The number of aromatic amines is 1. The molecule has 138 valence electrons. The minimum absolute atomic E-state index is 0.151. The van der Waals surface area contributed by atoms with Gasteiger partial charge in [0, 0.05) is 22.4 Å². The zero-order valence-corrected chi connectivity index (χ0v) is 14.6. The number of amides is 1. The zero-order chi connectivity index (χ0) is 19.2. The van der Waals surface area contributed by atoms with E-state index in [0.717, 1.165) is 16.9 Å². The van der Waals surface area contributed by atoms with E-state index in [4.69, 9.17) is 4.42 Å². The first kappa shape index (κ1) is 17.1. The Balaban J connectivity index is 1.64. The van der Waals surface area contributed by atoms with Crippen LogP contribution in [0, 0.1) is 0 Å². The molecule has 27 heavy (non-hydrogen) atoms. The Labute approximate surface area is 153 Å². The van der Waals surface area contributed by atoms with Crippen molar-refractivity contribution < 1.29 is 22.7 Å². The monoisotopic (exact) mass is 386 g/mol. The number of rotatable bonds is 3. The van der Waals surface area contributed by atoms with Crippen LogP contribution >= 0.6 is 0 Å². The van der Waals surface area contributed by atoms with Crippen LogP contribution in [0.15, 0.2) is 57.3 Å². The fourth-order valence-corrected chi connectivity index (χ4v) is 4.17. The van der Waals surface area contributed by atoms with E-state index in [0.29, 0.717) is 11.1 Å². The van der Waals surface area contributed by atoms with Crippen LogP contribution in [0.2, 0.25) is 0 Å². The Morgan fingerprint density at radius 2 is 2.07 bits per heavy atom. The maximum Gasteiger partial charge on any atom is 0.261 e. The van der Waals surface area contributed by atoms with Crippen molar-refractivity contribution in [2.75, 3.05) is 5.75 Å². The molecule has 4 rings (SSSR count). The zero-order valence-electron chi connectivity index (χ0n) is 13.8. The summed E-state index contributed by atoms with van der Waals surface area (Å²) in [7, 11) is -3.34. The van der Waals surface area contributed by atoms with Crippen LogP contribution in [-0.4, -0.2) is 36.2 Å². The van der Waals surface area contributed by atoms with Gasteiger partial charge in [0.05, 0.1) is 23.8 Å². The van der Waals surface area contributed by atoms with E-state index in [-0.39, 0.29) is 22.8 Å². The van der Waals surface area contributed by atoms with Crippen LogP contribution < -0.4 is 10.9 Å². The maximum atomic E-state index is 12.3. The third-order valence-corrected chi connectivity index (χ3v) is 5.65. The van der Waals surface area contributed by atoms with Crippen molar-refractivity contribution in [2.45, 2.75) is 6.04 Å². The molecule has 3 N–H and O–H groups in total. The highest BCUT2D eigenvalue weighted by molar-refractivity contribution is 7.94. The van der Waals surface area contributed by atoms with E-state index in [9.17, 15) is 23.1 Å². The molecule has 3 aromatic rings. The lowest BCUT2D eigenvalue weighted by molar-refractivity contribution is 0.0945. The summed E-state index contributed by atoms with van der Waals surface area (Å²) in [5.41, 5.74) is 0.239. The topological polar surface area (TPSA) is 129 Å². The van der Waals surface area contributed by atoms with Gasteiger partial charge < -0.3 is 19.8 Å². The number of aromatic nitrogens is 1. The summed E-state index contributed by atoms with van der Waals surface area (Å²) >= 11 is 0. The molecule has 0 saturated carbocycles. The summed E-state index contributed by atoms with van der Waals surface area (Å²) < 4.78 is 28.1. The predicted octanol–water partition coefficient (Wildman–Crippen LogP) is 1.53. The average Bonchev–Trinajstić information content (AvgIpc) is 3.21. The summed E-state index contributed by atoms with van der Waals surface area (Å²) in [5.74, 6) is -1.32. The number of benzene rings is 1. The summed E-state index contributed by atoms with van der Waals surface area (Å²) in [4.78, 5) is 27.1. The largest absolute Gasteiger partial charge is 0.506 e. The number of sulfone groups is 1. The smallest absolute Gasteiger partial charge is 0.261 e. The molecule has 1 aliphatic heterocycles. The Morgan fingerprint density at radius 3 is 2.81 bits per heavy atom. The average molecular weight is 386 g/mol. The molecular weight excluding hydrogens is 372 g/mol. The predicted molar refractivity (Wildman–Crippen MR) is 98.1 cm³/mol. The number of hydrogen-bond donors (Lipinski definition) is 3. The molecule has 9 heteroatoms. The number of hydrogen-bond acceptors (Lipinski definition) is 6. The maximum absolute atomic E-state index is 12.3. The van der Waals surface area contributed by atoms with Crippen molar-refractivity contribution >= 4 is 26.7 Å². The second kappa shape index (κ2) is 6.13. The second-order valence-corrected chi connectivity index (χ2v) is 8.11. The molecule has 0 fully saturated rings. The third kappa shape index (κ3) is 3.24. The van der Waals surface area contributed by atoms with Crippen molar-refractivity contribution in [2.24, 2.45) is 0 Å². The number of furan rings is 1. The molecule has 0 spiro atoms. The highest BCUT2D eigenvalue weighted by atomic mass is 32.2. The van der Waals surface area contributed by atoms with Crippen molar-refractivity contribution in [1.82, 2.24) is 10.3 Å². The molecule has 3 heterocycles. The fraction of sp³-hybridized carbons (Fsp3) is 0.111. The van der Waals surface area contributed by atoms with Crippen molar-refractivity contribution in [3.8, 4) is 17.0 Å². The molecule has 0 bridgehead atoms. The van der Waals surface area contributed by atoms with Gasteiger partial charge >= 0.3 is 0 Å². The van der Waals surface area contributed by atoms with Crippen LogP contribution in [0.25, 0.3) is 22.2 Å². The number of pyridine rings is 1. The van der Waals surface area contributed by atoms with Gasteiger partial charge in [0.1, 0.15) is 16.9 Å². The summed E-state index contributed by atoms with van der Waals surface area (Å²) in [5, 5.41) is 14.6. The van der Waals surface area contributed by atoms with Crippen LogP contribution in [0.3, 0.4) is 0 Å². The molecule has 0 radical (unpaired) electrons. The van der Waals surface area contributed by atoms with Gasteiger partial charge in [-0.05, 0) is 18.2 Å². The Kier molecular flexibility index (Phi) is 3.88. The molecule has 1 aromatic carbocycles. The first-order chi connectivity index (χ1) is 12.8. The minimum atomic E-state index is -3.34. The second-order valence-electron chi connectivity index (χ2n) is 6.18. The van der Waals surface area contributed by atoms with Gasteiger partial charge in [0.15, 0.2) is 9.84 Å². The van der Waals surface area contributed by atoms with Crippen LogP contribution in [0.4, 0.5) is 0 Å². The van der Waals surface area contributed by atoms with Crippen LogP contribution in [0.1, 0.15) is 10.4 Å². The van der Waals surface area contributed by atoms with Gasteiger partial charge in [-0.2, -0.15) is 0 Å². The van der Waals surface area contributed by atoms with E-state index in [1.54, 1.807) is 24.3 Å². The van der Waals surface area contributed by atoms with Crippen LogP contribution in [-0.2, 0) is 9.84 Å². The number of carbonyl (C=O) groups is 1. The molecule has 1 aliphatic rings. The SMILES string of the molecule is O=C(N[C@@H]1C=CS(=O)(=O)C1)c1cc(O)c(-c2ccc3ccoc3c2)[nH]c1=O. The first-order valence-corrected chi connectivity index (χ1v) is 9.70. The first-order valence-electron chi connectivity index (χ1n) is 7.98. The molecular formula is C18H14N2O6S. The quantitative estimate of drug-likeness (QED) is 0.626. The molecule has 0 saturated heterocycles. The molecule has 1 amide bonds. The van der Waals surface area contributed by atoms with Gasteiger partial charge in [-0.25, -0.2) is 8.42 Å². The Hall–Kier alpha value is -3.33. The fourth-order valence-electron chi connectivity index (χ4n) is 2.93. The molecule has 8 nitrogen and oxygen atoms in total. The minimum Gasteiger partial charge on any atom is -0.506 e. The third-order valence-electron chi connectivity index (χ3n) is 4.26. The molecule has 0 aliphatic carbocycles. The van der Waals surface area contributed by atoms with Crippen LogP contribution in [0.5, 0.6) is 5.75 Å². The van der Waals surface area contributed by atoms with Gasteiger partial charge in [0.25, 0.3) is 11.5 Å². The van der Waals surface area contributed by atoms with Crippen molar-refractivity contribution in [3.05, 3.63) is 64.0 Å². The molecule has 1 atom stereocenters. The van der Waals surface area contributed by atoms with E-state index >= 15 is 0 Å². The van der Waals surface area contributed by atoms with Crippen molar-refractivity contribution in [3.63, 3.8) is 0 Å². The number of H-pyrrole nitrogens is 1. The number of nitrogens with one attached hydrogen (secondary N) is 2. The lowest BCUT2D eigenvalue weighted by atomic mass is 10.1. The standard InChI is InChI=1S/C18H14N2O6S/c21-14-8-13(17(22)19-12-4-6-27(24,25)9-12)18(23)20-16(14)11-2-1-10-3-5-26-15(10)7-11/h1-8,12,21H,9H2,(H,19,22)(H,20,23)/t12-/m1/s1. The summed E-state index contributed by atoms with van der Waals surface area (Å²) in [6, 6.07) is 7.27. The lowest BCUT2D eigenvalue weighted by Gasteiger charge is -2.11. The molecule has 2 aromatic heterocycles. The Bertz CT molecular complexity index is 1250. The lowest BCUT2D eigenvalue weighted by Crippen LogP contribution is -2.38. The van der Waals surface area contributed by atoms with Gasteiger partial charge in [-0.3, -0.25) is 9.59 Å². The van der Waals surface area contributed by atoms with Crippen molar-refractivity contribution in [1.29, 1.82) is 0 Å². The van der Waals surface area contributed by atoms with Gasteiger partial charge in [-0.15, -0.1) is 0 Å². The highest BCUT2D eigenvalue weighted by Gasteiger charge is 2.25. The van der Waals surface area contributed by atoms with E-state index in [2.05, 4.69) is 10.3 Å². The summed E-state index contributed by atoms with van der Waals surface area (Å²) in [6.07, 6.45) is 2.87. The summed E-state index contributed by atoms with van der Waals surface area (Å²) in [6.45, 7) is 0. The Morgan fingerprint density at radius 1 is 1.26 bits per heavy atom. The number of fused-ring (bicyclic) bond motifs is 1. The van der Waals surface area contributed by atoms with E-state index in [1.807, 2.05) is 0 Å². The van der Waals surface area contributed by atoms with Gasteiger partial charge in [-0.1, -0.05) is 12.1 Å². The number of carbonyl (C=O) groups excluding carboxylic acids is 1.